The number of nitrogens with two attached hydrogens (primary N) is 1. The molecule has 1 aliphatic heterocycles. The van der Waals surface area contributed by atoms with E-state index >= 15 is 0 Å². The van der Waals surface area contributed by atoms with Crippen molar-refractivity contribution in [3.8, 4) is 0 Å². The van der Waals surface area contributed by atoms with Gasteiger partial charge in [-0.15, -0.1) is 0 Å². The molecule has 1 fully saturated rings. The molecular formula is C13H19N3O3S. The van der Waals surface area contributed by atoms with E-state index in [0.29, 0.717) is 24.1 Å². The maximum atomic E-state index is 12.1. The molecule has 1 saturated heterocycles. The standard InChI is InChI=1S/C13H19N3O3S/c1-9-4-5-12(16-14)11(7-9)13(17)15-8-10-3-2-6-20(10,18)19/h4-5,7,10,16H,2-3,6,8,14H2,1H3,(H,15,17). The SMILES string of the molecule is Cc1ccc(NN)c(C(=O)NCC2CCCS2(=O)=O)c1. The number of benzene rings is 1. The summed E-state index contributed by atoms with van der Waals surface area (Å²) in [7, 11) is -3.04. The van der Waals surface area contributed by atoms with Crippen LogP contribution in [-0.4, -0.2) is 31.9 Å². The van der Waals surface area contributed by atoms with Crippen molar-refractivity contribution in [2.45, 2.75) is 25.0 Å². The Hall–Kier alpha value is -1.60. The van der Waals surface area contributed by atoms with Gasteiger partial charge in [0.25, 0.3) is 5.91 Å². The molecule has 0 radical (unpaired) electrons. The summed E-state index contributed by atoms with van der Waals surface area (Å²) in [6, 6.07) is 5.28. The smallest absolute Gasteiger partial charge is 0.253 e. The van der Waals surface area contributed by atoms with Crippen molar-refractivity contribution in [2.24, 2.45) is 5.84 Å². The Balaban J connectivity index is 2.07. The van der Waals surface area contributed by atoms with Crippen LogP contribution in [0.4, 0.5) is 5.69 Å². The lowest BCUT2D eigenvalue weighted by Gasteiger charge is -2.13. The Bertz CT molecular complexity index is 613. The van der Waals surface area contributed by atoms with E-state index in [1.807, 2.05) is 13.0 Å². The molecule has 1 aliphatic rings. The molecule has 1 amide bonds. The van der Waals surface area contributed by atoms with Crippen LogP contribution in [0, 0.1) is 6.92 Å². The van der Waals surface area contributed by atoms with E-state index in [-0.39, 0.29) is 18.2 Å². The number of aryl methyl sites for hydroxylation is 1. The topological polar surface area (TPSA) is 101 Å². The van der Waals surface area contributed by atoms with Gasteiger partial charge in [0.2, 0.25) is 0 Å². The van der Waals surface area contributed by atoms with E-state index in [1.165, 1.54) is 0 Å². The van der Waals surface area contributed by atoms with E-state index in [2.05, 4.69) is 10.7 Å². The Labute approximate surface area is 118 Å². The highest BCUT2D eigenvalue weighted by atomic mass is 32.2. The minimum absolute atomic E-state index is 0.152. The largest absolute Gasteiger partial charge is 0.351 e. The van der Waals surface area contributed by atoms with Crippen LogP contribution in [0.2, 0.25) is 0 Å². The first-order chi connectivity index (χ1) is 9.44. The Kier molecular flexibility index (Phi) is 4.29. The van der Waals surface area contributed by atoms with Gasteiger partial charge in [-0.1, -0.05) is 11.6 Å². The van der Waals surface area contributed by atoms with E-state index in [9.17, 15) is 13.2 Å². The molecule has 2 rings (SSSR count). The first kappa shape index (κ1) is 14.8. The predicted octanol–water partition coefficient (Wildman–Crippen LogP) is 0.588. The van der Waals surface area contributed by atoms with Crippen molar-refractivity contribution in [1.82, 2.24) is 5.32 Å². The van der Waals surface area contributed by atoms with Crippen molar-refractivity contribution >= 4 is 21.4 Å². The summed E-state index contributed by atoms with van der Waals surface area (Å²) in [5.41, 5.74) is 4.34. The summed E-state index contributed by atoms with van der Waals surface area (Å²) in [6.07, 6.45) is 1.28. The number of hydrazine groups is 1. The summed E-state index contributed by atoms with van der Waals surface area (Å²) in [6.45, 7) is 2.03. The van der Waals surface area contributed by atoms with Gasteiger partial charge in [-0.3, -0.25) is 10.6 Å². The Morgan fingerprint density at radius 3 is 2.80 bits per heavy atom. The monoisotopic (exact) mass is 297 g/mol. The summed E-state index contributed by atoms with van der Waals surface area (Å²) in [4.78, 5) is 12.1. The minimum Gasteiger partial charge on any atom is -0.351 e. The average Bonchev–Trinajstić information content (AvgIpc) is 2.75. The van der Waals surface area contributed by atoms with Gasteiger partial charge < -0.3 is 10.7 Å². The van der Waals surface area contributed by atoms with Crippen LogP contribution in [0.15, 0.2) is 18.2 Å². The van der Waals surface area contributed by atoms with Gasteiger partial charge in [0.1, 0.15) is 0 Å². The fourth-order valence-corrected chi connectivity index (χ4v) is 4.13. The third-order valence-corrected chi connectivity index (χ3v) is 5.80. The molecule has 20 heavy (non-hydrogen) atoms. The number of carbonyl (C=O) groups excluding carboxylic acids is 1. The van der Waals surface area contributed by atoms with Crippen LogP contribution in [0.3, 0.4) is 0 Å². The Morgan fingerprint density at radius 1 is 1.45 bits per heavy atom. The van der Waals surface area contributed by atoms with Crippen molar-refractivity contribution in [3.63, 3.8) is 0 Å². The summed E-state index contributed by atoms with van der Waals surface area (Å²) >= 11 is 0. The lowest BCUT2D eigenvalue weighted by atomic mass is 10.1. The minimum atomic E-state index is -3.04. The molecule has 1 heterocycles. The van der Waals surface area contributed by atoms with E-state index in [4.69, 9.17) is 5.84 Å². The summed E-state index contributed by atoms with van der Waals surface area (Å²) < 4.78 is 23.4. The van der Waals surface area contributed by atoms with Crippen LogP contribution in [0.25, 0.3) is 0 Å². The molecule has 1 atom stereocenters. The summed E-state index contributed by atoms with van der Waals surface area (Å²) in [5, 5.41) is 2.22. The highest BCUT2D eigenvalue weighted by molar-refractivity contribution is 7.92. The van der Waals surface area contributed by atoms with Crippen LogP contribution in [-0.2, 0) is 9.84 Å². The second-order valence-electron chi connectivity index (χ2n) is 5.03. The first-order valence-corrected chi connectivity index (χ1v) is 8.22. The fraction of sp³-hybridized carbons (Fsp3) is 0.462. The van der Waals surface area contributed by atoms with Gasteiger partial charge in [0.05, 0.1) is 22.3 Å². The van der Waals surface area contributed by atoms with Crippen LogP contribution in [0.5, 0.6) is 0 Å². The molecule has 110 valence electrons. The number of nitrogen functional groups attached to an aromatic ring is 1. The number of rotatable bonds is 4. The number of carbonyl (C=O) groups is 1. The zero-order valence-corrected chi connectivity index (χ0v) is 12.2. The number of nitrogens with one attached hydrogen (secondary N) is 2. The Morgan fingerprint density at radius 2 is 2.20 bits per heavy atom. The van der Waals surface area contributed by atoms with Gasteiger partial charge in [-0.25, -0.2) is 8.42 Å². The second kappa shape index (κ2) is 5.80. The normalized spacial score (nSPS) is 20.6. The van der Waals surface area contributed by atoms with E-state index < -0.39 is 15.1 Å². The molecule has 1 unspecified atom stereocenters. The predicted molar refractivity (Wildman–Crippen MR) is 78.1 cm³/mol. The molecule has 6 nitrogen and oxygen atoms in total. The van der Waals surface area contributed by atoms with Crippen molar-refractivity contribution in [2.75, 3.05) is 17.7 Å². The van der Waals surface area contributed by atoms with Gasteiger partial charge in [-0.2, -0.15) is 0 Å². The fourth-order valence-electron chi connectivity index (χ4n) is 2.36. The zero-order chi connectivity index (χ0) is 14.8. The third kappa shape index (κ3) is 3.10. The summed E-state index contributed by atoms with van der Waals surface area (Å²) in [5.74, 6) is 5.27. The zero-order valence-electron chi connectivity index (χ0n) is 11.3. The van der Waals surface area contributed by atoms with Crippen molar-refractivity contribution < 1.29 is 13.2 Å². The van der Waals surface area contributed by atoms with Gasteiger partial charge in [-0.05, 0) is 31.9 Å². The third-order valence-electron chi connectivity index (χ3n) is 3.53. The lowest BCUT2D eigenvalue weighted by molar-refractivity contribution is 0.0954. The van der Waals surface area contributed by atoms with Crippen LogP contribution >= 0.6 is 0 Å². The van der Waals surface area contributed by atoms with Crippen molar-refractivity contribution in [1.29, 1.82) is 0 Å². The van der Waals surface area contributed by atoms with E-state index in [1.54, 1.807) is 12.1 Å². The molecule has 0 saturated carbocycles. The molecule has 0 aliphatic carbocycles. The first-order valence-electron chi connectivity index (χ1n) is 6.51. The van der Waals surface area contributed by atoms with Gasteiger partial charge >= 0.3 is 0 Å². The van der Waals surface area contributed by atoms with Gasteiger partial charge in [0, 0.05) is 6.54 Å². The second-order valence-corrected chi connectivity index (χ2v) is 7.44. The average molecular weight is 297 g/mol. The molecule has 1 aromatic carbocycles. The van der Waals surface area contributed by atoms with E-state index in [0.717, 1.165) is 5.56 Å². The number of amides is 1. The molecule has 1 aromatic rings. The number of hydrogen-bond acceptors (Lipinski definition) is 5. The van der Waals surface area contributed by atoms with Crippen LogP contribution in [0.1, 0.15) is 28.8 Å². The highest BCUT2D eigenvalue weighted by Gasteiger charge is 2.31. The maximum absolute atomic E-state index is 12.1. The molecular weight excluding hydrogens is 278 g/mol. The molecule has 0 spiro atoms. The molecule has 0 aromatic heterocycles. The highest BCUT2D eigenvalue weighted by Crippen LogP contribution is 2.20. The number of hydrogen-bond donors (Lipinski definition) is 3. The van der Waals surface area contributed by atoms with Crippen molar-refractivity contribution in [3.05, 3.63) is 29.3 Å². The van der Waals surface area contributed by atoms with Gasteiger partial charge in [0.15, 0.2) is 9.84 Å². The van der Waals surface area contributed by atoms with Crippen LogP contribution < -0.4 is 16.6 Å². The number of anilines is 1. The number of sulfone groups is 1. The lowest BCUT2D eigenvalue weighted by Crippen LogP contribution is -2.35. The molecule has 4 N–H and O–H groups in total. The molecule has 7 heteroatoms. The quantitative estimate of drug-likeness (QED) is 0.557. The maximum Gasteiger partial charge on any atom is 0.253 e. The molecule has 0 bridgehead atoms.